The lowest BCUT2D eigenvalue weighted by Gasteiger charge is -2.34. The SMILES string of the molecule is NCc1nnn2c1CC(=O)C1CCCCC12. The highest BCUT2D eigenvalue weighted by molar-refractivity contribution is 5.84. The first-order valence-corrected chi connectivity index (χ1v) is 5.97. The van der Waals surface area contributed by atoms with Crippen molar-refractivity contribution in [2.24, 2.45) is 11.7 Å². The second-order valence-corrected chi connectivity index (χ2v) is 4.73. The number of nitrogens with zero attached hydrogens (tertiary/aromatic N) is 3. The molecular formula is C11H16N4O. The lowest BCUT2D eigenvalue weighted by molar-refractivity contribution is -0.126. The third kappa shape index (κ3) is 1.31. The Labute approximate surface area is 94.0 Å². The second kappa shape index (κ2) is 3.66. The summed E-state index contributed by atoms with van der Waals surface area (Å²) in [5.74, 6) is 0.530. The largest absolute Gasteiger partial charge is 0.325 e. The summed E-state index contributed by atoms with van der Waals surface area (Å²) in [5.41, 5.74) is 7.35. The van der Waals surface area contributed by atoms with E-state index in [1.54, 1.807) is 0 Å². The van der Waals surface area contributed by atoms with Crippen LogP contribution in [0.1, 0.15) is 43.1 Å². The molecule has 16 heavy (non-hydrogen) atoms. The van der Waals surface area contributed by atoms with Gasteiger partial charge in [-0.25, -0.2) is 4.68 Å². The summed E-state index contributed by atoms with van der Waals surface area (Å²) in [6.07, 6.45) is 4.89. The number of hydrogen-bond donors (Lipinski definition) is 1. The van der Waals surface area contributed by atoms with Gasteiger partial charge in [-0.15, -0.1) is 5.10 Å². The van der Waals surface area contributed by atoms with E-state index in [1.807, 2.05) is 4.68 Å². The van der Waals surface area contributed by atoms with Crippen LogP contribution in [0.2, 0.25) is 0 Å². The molecule has 5 heteroatoms. The van der Waals surface area contributed by atoms with Crippen LogP contribution in [0.3, 0.4) is 0 Å². The molecule has 1 aromatic rings. The van der Waals surface area contributed by atoms with Crippen LogP contribution in [0, 0.1) is 5.92 Å². The first-order chi connectivity index (χ1) is 7.81. The molecule has 3 rings (SSSR count). The van der Waals surface area contributed by atoms with Crippen LogP contribution in [0.5, 0.6) is 0 Å². The highest BCUT2D eigenvalue weighted by Crippen LogP contribution is 2.38. The van der Waals surface area contributed by atoms with Gasteiger partial charge < -0.3 is 5.73 Å². The fourth-order valence-corrected chi connectivity index (χ4v) is 3.03. The van der Waals surface area contributed by atoms with Crippen molar-refractivity contribution >= 4 is 5.78 Å². The number of hydrogen-bond acceptors (Lipinski definition) is 4. The molecule has 1 aliphatic heterocycles. The van der Waals surface area contributed by atoms with Crippen molar-refractivity contribution in [2.45, 2.75) is 44.7 Å². The number of Topliss-reactive ketones (excluding diaryl/α,β-unsaturated/α-hetero) is 1. The van der Waals surface area contributed by atoms with Gasteiger partial charge in [-0.05, 0) is 12.8 Å². The van der Waals surface area contributed by atoms with Gasteiger partial charge in [0.05, 0.1) is 23.9 Å². The number of ketones is 1. The highest BCUT2D eigenvalue weighted by Gasteiger charge is 2.38. The summed E-state index contributed by atoms with van der Waals surface area (Å²) in [7, 11) is 0. The molecule has 0 amide bonds. The third-order valence-electron chi connectivity index (χ3n) is 3.86. The van der Waals surface area contributed by atoms with E-state index in [-0.39, 0.29) is 12.0 Å². The number of rotatable bonds is 1. The Morgan fingerprint density at radius 3 is 3.00 bits per heavy atom. The molecule has 86 valence electrons. The smallest absolute Gasteiger partial charge is 0.144 e. The van der Waals surface area contributed by atoms with E-state index in [0.717, 1.165) is 24.2 Å². The van der Waals surface area contributed by atoms with Gasteiger partial charge >= 0.3 is 0 Å². The van der Waals surface area contributed by atoms with Crippen LogP contribution in [0.4, 0.5) is 0 Å². The lowest BCUT2D eigenvalue weighted by Crippen LogP contribution is -2.37. The summed E-state index contributed by atoms with van der Waals surface area (Å²) >= 11 is 0. The molecule has 0 spiro atoms. The van der Waals surface area contributed by atoms with E-state index >= 15 is 0 Å². The van der Waals surface area contributed by atoms with E-state index in [2.05, 4.69) is 10.3 Å². The second-order valence-electron chi connectivity index (χ2n) is 4.73. The zero-order valence-electron chi connectivity index (χ0n) is 9.22. The summed E-state index contributed by atoms with van der Waals surface area (Å²) in [6, 6.07) is 0.248. The van der Waals surface area contributed by atoms with E-state index in [1.165, 1.54) is 12.8 Å². The van der Waals surface area contributed by atoms with E-state index < -0.39 is 0 Å². The van der Waals surface area contributed by atoms with Gasteiger partial charge in [0.15, 0.2) is 0 Å². The molecule has 0 saturated heterocycles. The molecule has 2 N–H and O–H groups in total. The van der Waals surface area contributed by atoms with Gasteiger partial charge in [-0.1, -0.05) is 18.1 Å². The standard InChI is InChI=1S/C11H16N4O/c12-6-8-10-5-11(16)7-3-1-2-4-9(7)15(10)14-13-8/h7,9H,1-6,12H2. The monoisotopic (exact) mass is 220 g/mol. The number of fused-ring (bicyclic) bond motifs is 3. The Kier molecular flexibility index (Phi) is 2.28. The molecule has 2 atom stereocenters. The molecular weight excluding hydrogens is 204 g/mol. The molecule has 0 radical (unpaired) electrons. The minimum absolute atomic E-state index is 0.175. The van der Waals surface area contributed by atoms with E-state index in [4.69, 9.17) is 5.73 Å². The van der Waals surface area contributed by atoms with Crippen LogP contribution in [-0.2, 0) is 17.8 Å². The predicted octanol–water partition coefficient (Wildman–Crippen LogP) is 0.593. The molecule has 2 aliphatic rings. The molecule has 5 nitrogen and oxygen atoms in total. The zero-order valence-corrected chi connectivity index (χ0v) is 9.22. The Bertz CT molecular complexity index is 426. The predicted molar refractivity (Wildman–Crippen MR) is 57.6 cm³/mol. The molecule has 0 bridgehead atoms. The number of carbonyl (C=O) groups excluding carboxylic acids is 1. The van der Waals surface area contributed by atoms with Crippen molar-refractivity contribution in [3.63, 3.8) is 0 Å². The maximum absolute atomic E-state index is 12.0. The summed E-state index contributed by atoms with van der Waals surface area (Å²) in [6.45, 7) is 0.375. The summed E-state index contributed by atoms with van der Waals surface area (Å²) < 4.78 is 1.97. The van der Waals surface area contributed by atoms with Gasteiger partial charge in [0.25, 0.3) is 0 Å². The van der Waals surface area contributed by atoms with Crippen LogP contribution in [0.15, 0.2) is 0 Å². The molecule has 1 aromatic heterocycles. The molecule has 2 unspecified atom stereocenters. The van der Waals surface area contributed by atoms with Crippen LogP contribution in [0.25, 0.3) is 0 Å². The average molecular weight is 220 g/mol. The Morgan fingerprint density at radius 1 is 1.38 bits per heavy atom. The molecule has 0 aromatic carbocycles. The van der Waals surface area contributed by atoms with E-state index in [0.29, 0.717) is 18.7 Å². The van der Waals surface area contributed by atoms with Crippen LogP contribution in [-0.4, -0.2) is 20.8 Å². The number of carbonyl (C=O) groups is 1. The number of nitrogens with two attached hydrogens (primary N) is 1. The van der Waals surface area contributed by atoms with Gasteiger partial charge in [-0.3, -0.25) is 4.79 Å². The van der Waals surface area contributed by atoms with Gasteiger partial charge in [0, 0.05) is 12.5 Å². The Balaban J connectivity index is 2.04. The van der Waals surface area contributed by atoms with Crippen molar-refractivity contribution in [2.75, 3.05) is 0 Å². The third-order valence-corrected chi connectivity index (χ3v) is 3.86. The molecule has 2 heterocycles. The minimum atomic E-state index is 0.175. The normalized spacial score (nSPS) is 28.7. The Hall–Kier alpha value is -1.23. The first-order valence-electron chi connectivity index (χ1n) is 5.97. The Morgan fingerprint density at radius 2 is 2.19 bits per heavy atom. The van der Waals surface area contributed by atoms with Crippen molar-refractivity contribution in [1.82, 2.24) is 15.0 Å². The van der Waals surface area contributed by atoms with Crippen molar-refractivity contribution in [1.29, 1.82) is 0 Å². The van der Waals surface area contributed by atoms with Crippen molar-refractivity contribution < 1.29 is 4.79 Å². The first kappa shape index (κ1) is 9.96. The van der Waals surface area contributed by atoms with Crippen molar-refractivity contribution in [3.8, 4) is 0 Å². The lowest BCUT2D eigenvalue weighted by atomic mass is 9.78. The summed E-state index contributed by atoms with van der Waals surface area (Å²) in [5, 5.41) is 8.26. The van der Waals surface area contributed by atoms with E-state index in [9.17, 15) is 4.79 Å². The molecule has 1 fully saturated rings. The topological polar surface area (TPSA) is 73.8 Å². The quantitative estimate of drug-likeness (QED) is 0.751. The fraction of sp³-hybridized carbons (Fsp3) is 0.727. The maximum Gasteiger partial charge on any atom is 0.144 e. The zero-order chi connectivity index (χ0) is 11.1. The van der Waals surface area contributed by atoms with Gasteiger partial charge in [0.2, 0.25) is 0 Å². The van der Waals surface area contributed by atoms with Crippen LogP contribution < -0.4 is 5.73 Å². The molecule has 1 aliphatic carbocycles. The summed E-state index contributed by atoms with van der Waals surface area (Å²) in [4.78, 5) is 12.0. The number of aromatic nitrogens is 3. The van der Waals surface area contributed by atoms with Crippen LogP contribution >= 0.6 is 0 Å². The van der Waals surface area contributed by atoms with Gasteiger partial charge in [0.1, 0.15) is 5.78 Å². The minimum Gasteiger partial charge on any atom is -0.325 e. The van der Waals surface area contributed by atoms with Crippen molar-refractivity contribution in [3.05, 3.63) is 11.4 Å². The molecule has 1 saturated carbocycles. The highest BCUT2D eigenvalue weighted by atomic mass is 16.1. The van der Waals surface area contributed by atoms with Gasteiger partial charge in [-0.2, -0.15) is 0 Å². The average Bonchev–Trinajstić information content (AvgIpc) is 2.72. The fourth-order valence-electron chi connectivity index (χ4n) is 3.03. The maximum atomic E-state index is 12.0.